The molecule has 18 heavy (non-hydrogen) atoms. The van der Waals surface area contributed by atoms with Gasteiger partial charge < -0.3 is 15.2 Å². The molecular weight excluding hydrogens is 226 g/mol. The van der Waals surface area contributed by atoms with Crippen molar-refractivity contribution in [1.82, 2.24) is 0 Å². The second-order valence-corrected chi connectivity index (χ2v) is 5.30. The van der Waals surface area contributed by atoms with Gasteiger partial charge in [0, 0.05) is 11.8 Å². The third-order valence-electron chi connectivity index (χ3n) is 3.79. The molecule has 100 valence electrons. The smallest absolute Gasteiger partial charge is 0.122 e. The summed E-state index contributed by atoms with van der Waals surface area (Å²) in [5, 5.41) is 0. The molecule has 1 heterocycles. The minimum absolute atomic E-state index is 0.405. The predicted octanol–water partition coefficient (Wildman–Crippen LogP) is 2.51. The summed E-state index contributed by atoms with van der Waals surface area (Å²) in [5.74, 6) is 2.40. The fourth-order valence-electron chi connectivity index (χ4n) is 2.52. The molecule has 1 aromatic rings. The molecule has 0 radical (unpaired) electrons. The third-order valence-corrected chi connectivity index (χ3v) is 3.79. The molecule has 1 unspecified atom stereocenters. The van der Waals surface area contributed by atoms with Crippen molar-refractivity contribution in [3.63, 3.8) is 0 Å². The van der Waals surface area contributed by atoms with E-state index in [9.17, 15) is 0 Å². The number of ether oxygens (including phenoxy) is 2. The first-order valence-electron chi connectivity index (χ1n) is 6.63. The summed E-state index contributed by atoms with van der Waals surface area (Å²) in [5.41, 5.74) is 8.50. The van der Waals surface area contributed by atoms with E-state index in [2.05, 4.69) is 32.0 Å². The van der Waals surface area contributed by atoms with E-state index in [0.29, 0.717) is 24.3 Å². The van der Waals surface area contributed by atoms with Crippen LogP contribution < -0.4 is 10.5 Å². The topological polar surface area (TPSA) is 44.5 Å². The van der Waals surface area contributed by atoms with Crippen molar-refractivity contribution in [2.24, 2.45) is 11.7 Å². The van der Waals surface area contributed by atoms with Crippen molar-refractivity contribution in [1.29, 1.82) is 0 Å². The largest absolute Gasteiger partial charge is 0.496 e. The number of methoxy groups -OCH3 is 1. The molecule has 2 N–H and O–H groups in total. The number of rotatable bonds is 5. The highest BCUT2D eigenvalue weighted by Crippen LogP contribution is 2.34. The zero-order chi connectivity index (χ0) is 13.1. The molecular formula is C15H23NO2. The van der Waals surface area contributed by atoms with E-state index in [1.54, 1.807) is 7.11 Å². The maximum absolute atomic E-state index is 5.93. The molecule has 0 spiro atoms. The third kappa shape index (κ3) is 2.52. The Labute approximate surface area is 109 Å². The SMILES string of the molecule is COc1ccc(C(CN)C2COC2)cc1C(C)C. The predicted molar refractivity (Wildman–Crippen MR) is 73.2 cm³/mol. The standard InChI is InChI=1S/C15H23NO2/c1-10(2)13-6-11(4-5-15(13)17-3)14(7-16)12-8-18-9-12/h4-6,10,12,14H,7-9,16H2,1-3H3. The molecule has 1 saturated heterocycles. The second kappa shape index (κ2) is 5.72. The molecule has 0 aromatic heterocycles. The Morgan fingerprint density at radius 3 is 2.56 bits per heavy atom. The fourth-order valence-corrected chi connectivity index (χ4v) is 2.52. The molecule has 0 saturated carbocycles. The Kier molecular flexibility index (Phi) is 4.25. The summed E-state index contributed by atoms with van der Waals surface area (Å²) in [6.07, 6.45) is 0. The van der Waals surface area contributed by atoms with Gasteiger partial charge in [0.2, 0.25) is 0 Å². The van der Waals surface area contributed by atoms with Crippen LogP contribution in [0.4, 0.5) is 0 Å². The minimum atomic E-state index is 0.405. The van der Waals surface area contributed by atoms with Crippen LogP contribution in [0.15, 0.2) is 18.2 Å². The molecule has 0 bridgehead atoms. The van der Waals surface area contributed by atoms with Crippen LogP contribution in [0.3, 0.4) is 0 Å². The van der Waals surface area contributed by atoms with Crippen LogP contribution >= 0.6 is 0 Å². The van der Waals surface area contributed by atoms with Crippen molar-refractivity contribution in [3.05, 3.63) is 29.3 Å². The van der Waals surface area contributed by atoms with Crippen LogP contribution in [0.25, 0.3) is 0 Å². The lowest BCUT2D eigenvalue weighted by atomic mass is 9.83. The van der Waals surface area contributed by atoms with Gasteiger partial charge in [-0.1, -0.05) is 26.0 Å². The number of hydrogen-bond donors (Lipinski definition) is 1. The summed E-state index contributed by atoms with van der Waals surface area (Å²) in [7, 11) is 1.72. The van der Waals surface area contributed by atoms with Crippen LogP contribution in [-0.4, -0.2) is 26.9 Å². The maximum atomic E-state index is 5.93. The van der Waals surface area contributed by atoms with Crippen molar-refractivity contribution in [2.45, 2.75) is 25.7 Å². The Morgan fingerprint density at radius 1 is 1.39 bits per heavy atom. The van der Waals surface area contributed by atoms with E-state index < -0.39 is 0 Å². The molecule has 0 aliphatic carbocycles. The highest BCUT2D eigenvalue weighted by molar-refractivity contribution is 5.41. The first-order chi connectivity index (χ1) is 8.67. The van der Waals surface area contributed by atoms with Gasteiger partial charge in [-0.05, 0) is 29.7 Å². The van der Waals surface area contributed by atoms with Crippen molar-refractivity contribution in [2.75, 3.05) is 26.9 Å². The summed E-state index contributed by atoms with van der Waals surface area (Å²) in [6, 6.07) is 6.45. The zero-order valence-corrected chi connectivity index (χ0v) is 11.5. The Bertz CT molecular complexity index is 399. The van der Waals surface area contributed by atoms with E-state index in [0.717, 1.165) is 19.0 Å². The number of hydrogen-bond acceptors (Lipinski definition) is 3. The quantitative estimate of drug-likeness (QED) is 0.872. The molecule has 1 atom stereocenters. The van der Waals surface area contributed by atoms with E-state index in [4.69, 9.17) is 15.2 Å². The zero-order valence-electron chi connectivity index (χ0n) is 11.5. The second-order valence-electron chi connectivity index (χ2n) is 5.30. The van der Waals surface area contributed by atoms with Gasteiger partial charge in [0.1, 0.15) is 5.75 Å². The van der Waals surface area contributed by atoms with Crippen molar-refractivity contribution in [3.8, 4) is 5.75 Å². The first kappa shape index (κ1) is 13.4. The van der Waals surface area contributed by atoms with Gasteiger partial charge >= 0.3 is 0 Å². The van der Waals surface area contributed by atoms with Crippen molar-refractivity contribution >= 4 is 0 Å². The Balaban J connectivity index is 2.29. The molecule has 2 rings (SSSR count). The maximum Gasteiger partial charge on any atom is 0.122 e. The van der Waals surface area contributed by atoms with Crippen molar-refractivity contribution < 1.29 is 9.47 Å². The summed E-state index contributed by atoms with van der Waals surface area (Å²) in [4.78, 5) is 0. The van der Waals surface area contributed by atoms with E-state index in [-0.39, 0.29) is 0 Å². The summed E-state index contributed by atoms with van der Waals surface area (Å²) >= 11 is 0. The summed E-state index contributed by atoms with van der Waals surface area (Å²) < 4.78 is 10.7. The fraction of sp³-hybridized carbons (Fsp3) is 0.600. The van der Waals surface area contributed by atoms with Crippen LogP contribution in [0.2, 0.25) is 0 Å². The van der Waals surface area contributed by atoms with E-state index >= 15 is 0 Å². The lowest BCUT2D eigenvalue weighted by Crippen LogP contribution is -2.36. The van der Waals surface area contributed by atoms with Crippen LogP contribution in [0, 0.1) is 5.92 Å². The Hall–Kier alpha value is -1.06. The van der Waals surface area contributed by atoms with Crippen LogP contribution in [-0.2, 0) is 4.74 Å². The highest BCUT2D eigenvalue weighted by Gasteiger charge is 2.29. The van der Waals surface area contributed by atoms with Crippen LogP contribution in [0.5, 0.6) is 5.75 Å². The van der Waals surface area contributed by atoms with Gasteiger partial charge in [0.15, 0.2) is 0 Å². The average molecular weight is 249 g/mol. The minimum Gasteiger partial charge on any atom is -0.496 e. The van der Waals surface area contributed by atoms with Gasteiger partial charge in [-0.3, -0.25) is 0 Å². The molecule has 1 aromatic carbocycles. The average Bonchev–Trinajstić information content (AvgIpc) is 2.32. The van der Waals surface area contributed by atoms with Gasteiger partial charge in [0.05, 0.1) is 20.3 Å². The monoisotopic (exact) mass is 249 g/mol. The van der Waals surface area contributed by atoms with Gasteiger partial charge in [0.25, 0.3) is 0 Å². The highest BCUT2D eigenvalue weighted by atomic mass is 16.5. The summed E-state index contributed by atoms with van der Waals surface area (Å²) in [6.45, 7) is 6.73. The number of nitrogens with two attached hydrogens (primary N) is 1. The van der Waals surface area contributed by atoms with Gasteiger partial charge in [-0.2, -0.15) is 0 Å². The first-order valence-corrected chi connectivity index (χ1v) is 6.63. The number of benzene rings is 1. The molecule has 1 fully saturated rings. The molecule has 3 nitrogen and oxygen atoms in total. The van der Waals surface area contributed by atoms with Gasteiger partial charge in [-0.15, -0.1) is 0 Å². The van der Waals surface area contributed by atoms with Gasteiger partial charge in [-0.25, -0.2) is 0 Å². The normalized spacial score (nSPS) is 17.6. The van der Waals surface area contributed by atoms with Crippen LogP contribution in [0.1, 0.15) is 36.8 Å². The Morgan fingerprint density at radius 2 is 2.11 bits per heavy atom. The molecule has 3 heteroatoms. The molecule has 0 amide bonds. The lowest BCUT2D eigenvalue weighted by Gasteiger charge is -2.33. The molecule has 1 aliphatic heterocycles. The molecule has 1 aliphatic rings. The lowest BCUT2D eigenvalue weighted by molar-refractivity contribution is -0.0437. The van der Waals surface area contributed by atoms with E-state index in [1.165, 1.54) is 11.1 Å². The van der Waals surface area contributed by atoms with E-state index in [1.807, 2.05) is 0 Å².